The Kier molecular flexibility index (Phi) is 5.16. The van der Waals surface area contributed by atoms with Crippen LogP contribution in [0.3, 0.4) is 0 Å². The molecule has 0 spiro atoms. The molecule has 0 unspecified atom stereocenters. The van der Waals surface area contributed by atoms with Crippen molar-refractivity contribution in [3.05, 3.63) is 11.4 Å². The van der Waals surface area contributed by atoms with E-state index in [2.05, 4.69) is 29.5 Å². The fourth-order valence-electron chi connectivity index (χ4n) is 4.25. The molecular formula is C18H31N5O2. The van der Waals surface area contributed by atoms with E-state index >= 15 is 0 Å². The summed E-state index contributed by atoms with van der Waals surface area (Å²) in [6.45, 7) is 11.0. The van der Waals surface area contributed by atoms with Crippen LogP contribution in [-0.2, 0) is 4.74 Å². The van der Waals surface area contributed by atoms with E-state index in [9.17, 15) is 4.79 Å². The lowest BCUT2D eigenvalue weighted by atomic mass is 9.63. The first-order valence-electron chi connectivity index (χ1n) is 9.39. The van der Waals surface area contributed by atoms with Crippen molar-refractivity contribution < 1.29 is 9.53 Å². The van der Waals surface area contributed by atoms with E-state index in [4.69, 9.17) is 4.74 Å². The Morgan fingerprint density at radius 1 is 1.40 bits per heavy atom. The third-order valence-electron chi connectivity index (χ3n) is 6.07. The second-order valence-corrected chi connectivity index (χ2v) is 7.88. The van der Waals surface area contributed by atoms with E-state index in [0.717, 1.165) is 38.0 Å². The lowest BCUT2D eigenvalue weighted by Gasteiger charge is -2.54. The highest BCUT2D eigenvalue weighted by atomic mass is 16.5. The quantitative estimate of drug-likeness (QED) is 0.877. The Bertz CT molecular complexity index is 621. The average molecular weight is 349 g/mol. The van der Waals surface area contributed by atoms with Gasteiger partial charge in [0.2, 0.25) is 0 Å². The SMILES string of the molecule is CCO[C@@H]1C[C@@H](N(C)C(=O)c2nnn(C3CCNCC3)c2C)C1(C)C. The maximum atomic E-state index is 13.0. The van der Waals surface area contributed by atoms with Crippen molar-refractivity contribution in [3.63, 3.8) is 0 Å². The third-order valence-corrected chi connectivity index (χ3v) is 6.07. The van der Waals surface area contributed by atoms with E-state index in [0.29, 0.717) is 18.3 Å². The molecule has 1 saturated heterocycles. The van der Waals surface area contributed by atoms with Gasteiger partial charge < -0.3 is 15.0 Å². The molecule has 1 aliphatic heterocycles. The van der Waals surface area contributed by atoms with Crippen LogP contribution < -0.4 is 5.32 Å². The Morgan fingerprint density at radius 2 is 2.08 bits per heavy atom. The van der Waals surface area contributed by atoms with E-state index in [1.54, 1.807) is 0 Å². The van der Waals surface area contributed by atoms with Crippen LogP contribution in [0.5, 0.6) is 0 Å². The minimum absolute atomic E-state index is 0.0364. The van der Waals surface area contributed by atoms with Gasteiger partial charge in [0, 0.05) is 25.1 Å². The van der Waals surface area contributed by atoms with Gasteiger partial charge in [0.05, 0.1) is 17.8 Å². The Hall–Kier alpha value is -1.47. The number of piperidine rings is 1. The maximum absolute atomic E-state index is 13.0. The molecule has 2 heterocycles. The van der Waals surface area contributed by atoms with Gasteiger partial charge in [-0.15, -0.1) is 5.10 Å². The Labute approximate surface area is 150 Å². The molecule has 25 heavy (non-hydrogen) atoms. The van der Waals surface area contributed by atoms with Crippen LogP contribution in [0, 0.1) is 12.3 Å². The van der Waals surface area contributed by atoms with E-state index in [-0.39, 0.29) is 23.5 Å². The molecule has 0 bridgehead atoms. The number of ether oxygens (including phenoxy) is 1. The molecule has 7 nitrogen and oxygen atoms in total. The normalized spacial score (nSPS) is 26.3. The van der Waals surface area contributed by atoms with Crippen LogP contribution in [0.15, 0.2) is 0 Å². The molecule has 1 aliphatic carbocycles. The average Bonchev–Trinajstić information content (AvgIpc) is 2.99. The first kappa shape index (κ1) is 18.3. The van der Waals surface area contributed by atoms with Gasteiger partial charge in [-0.25, -0.2) is 4.68 Å². The van der Waals surface area contributed by atoms with Crippen LogP contribution in [0.25, 0.3) is 0 Å². The molecule has 0 radical (unpaired) electrons. The fourth-order valence-corrected chi connectivity index (χ4v) is 4.25. The van der Waals surface area contributed by atoms with Crippen LogP contribution in [-0.4, -0.2) is 64.7 Å². The molecule has 1 aromatic rings. The highest BCUT2D eigenvalue weighted by molar-refractivity contribution is 5.93. The summed E-state index contributed by atoms with van der Waals surface area (Å²) >= 11 is 0. The van der Waals surface area contributed by atoms with Gasteiger partial charge in [0.1, 0.15) is 0 Å². The molecule has 140 valence electrons. The van der Waals surface area contributed by atoms with E-state index in [1.165, 1.54) is 0 Å². The maximum Gasteiger partial charge on any atom is 0.276 e. The van der Waals surface area contributed by atoms with Crippen molar-refractivity contribution in [1.82, 2.24) is 25.2 Å². The molecule has 2 fully saturated rings. The van der Waals surface area contributed by atoms with Crippen molar-refractivity contribution in [3.8, 4) is 0 Å². The summed E-state index contributed by atoms with van der Waals surface area (Å²) in [5.41, 5.74) is 1.32. The fraction of sp³-hybridized carbons (Fsp3) is 0.833. The number of nitrogens with zero attached hydrogens (tertiary/aromatic N) is 4. The molecule has 1 aromatic heterocycles. The van der Waals surface area contributed by atoms with Crippen molar-refractivity contribution >= 4 is 5.91 Å². The van der Waals surface area contributed by atoms with Gasteiger partial charge in [0.15, 0.2) is 5.69 Å². The zero-order valence-corrected chi connectivity index (χ0v) is 16.1. The minimum Gasteiger partial charge on any atom is -0.378 e. The van der Waals surface area contributed by atoms with Gasteiger partial charge in [-0.05, 0) is 46.2 Å². The molecular weight excluding hydrogens is 318 g/mol. The first-order chi connectivity index (χ1) is 11.9. The van der Waals surface area contributed by atoms with E-state index in [1.807, 2.05) is 30.5 Å². The number of rotatable bonds is 5. The number of carbonyl (C=O) groups excluding carboxylic acids is 1. The van der Waals surface area contributed by atoms with Crippen molar-refractivity contribution in [2.24, 2.45) is 5.41 Å². The van der Waals surface area contributed by atoms with Crippen LogP contribution in [0.1, 0.15) is 62.3 Å². The lowest BCUT2D eigenvalue weighted by Crippen LogP contribution is -2.62. The standard InChI is InChI=1S/C18H31N5O2/c1-6-25-15-11-14(18(15,3)4)22(5)17(24)16-12(2)23(21-20-16)13-7-9-19-10-8-13/h13-15,19H,6-11H2,1-5H3/t14-,15-/m1/s1. The molecule has 1 amide bonds. The third kappa shape index (κ3) is 3.19. The summed E-state index contributed by atoms with van der Waals surface area (Å²) in [4.78, 5) is 14.8. The topological polar surface area (TPSA) is 72.3 Å². The van der Waals surface area contributed by atoms with E-state index < -0.39 is 0 Å². The number of hydrogen-bond acceptors (Lipinski definition) is 5. The van der Waals surface area contributed by atoms with Crippen LogP contribution in [0.2, 0.25) is 0 Å². The molecule has 2 atom stereocenters. The van der Waals surface area contributed by atoms with Gasteiger partial charge in [-0.2, -0.15) is 0 Å². The zero-order chi connectivity index (χ0) is 18.2. The number of nitrogens with one attached hydrogen (secondary N) is 1. The molecule has 0 aromatic carbocycles. The summed E-state index contributed by atoms with van der Waals surface area (Å²) in [5, 5.41) is 11.9. The monoisotopic (exact) mass is 349 g/mol. The number of aromatic nitrogens is 3. The largest absolute Gasteiger partial charge is 0.378 e. The minimum atomic E-state index is -0.0423. The Morgan fingerprint density at radius 3 is 2.68 bits per heavy atom. The summed E-state index contributed by atoms with van der Waals surface area (Å²) < 4.78 is 7.73. The molecule has 1 N–H and O–H groups in total. The summed E-state index contributed by atoms with van der Waals surface area (Å²) in [7, 11) is 1.87. The number of amides is 1. The van der Waals surface area contributed by atoms with Gasteiger partial charge in [-0.3, -0.25) is 4.79 Å². The highest BCUT2D eigenvalue weighted by Gasteiger charge is 2.52. The van der Waals surface area contributed by atoms with Gasteiger partial charge in [-0.1, -0.05) is 19.1 Å². The second kappa shape index (κ2) is 7.03. The van der Waals surface area contributed by atoms with Crippen molar-refractivity contribution in [2.45, 2.75) is 65.1 Å². The number of hydrogen-bond donors (Lipinski definition) is 1. The predicted octanol–water partition coefficient (Wildman–Crippen LogP) is 1.79. The van der Waals surface area contributed by atoms with Gasteiger partial charge in [0.25, 0.3) is 5.91 Å². The molecule has 3 rings (SSSR count). The molecule has 1 saturated carbocycles. The van der Waals surface area contributed by atoms with Crippen molar-refractivity contribution in [1.29, 1.82) is 0 Å². The number of carbonyl (C=O) groups is 1. The summed E-state index contributed by atoms with van der Waals surface area (Å²) in [5.74, 6) is -0.0364. The van der Waals surface area contributed by atoms with Crippen LogP contribution in [0.4, 0.5) is 0 Å². The lowest BCUT2D eigenvalue weighted by molar-refractivity contribution is -0.136. The zero-order valence-electron chi connectivity index (χ0n) is 16.1. The summed E-state index contributed by atoms with van der Waals surface area (Å²) in [6.07, 6.45) is 3.15. The first-order valence-corrected chi connectivity index (χ1v) is 9.39. The predicted molar refractivity (Wildman–Crippen MR) is 95.6 cm³/mol. The highest BCUT2D eigenvalue weighted by Crippen LogP contribution is 2.45. The second-order valence-electron chi connectivity index (χ2n) is 7.88. The molecule has 2 aliphatic rings. The Balaban J connectivity index is 1.72. The summed E-state index contributed by atoms with van der Waals surface area (Å²) in [6, 6.07) is 0.503. The van der Waals surface area contributed by atoms with Crippen LogP contribution >= 0.6 is 0 Å². The van der Waals surface area contributed by atoms with Crippen molar-refractivity contribution in [2.75, 3.05) is 26.7 Å². The smallest absolute Gasteiger partial charge is 0.276 e. The van der Waals surface area contributed by atoms with Gasteiger partial charge >= 0.3 is 0 Å². The molecule has 7 heteroatoms.